The molecule has 0 unspecified atom stereocenters. The van der Waals surface area contributed by atoms with Crippen molar-refractivity contribution in [1.82, 2.24) is 4.90 Å². The summed E-state index contributed by atoms with van der Waals surface area (Å²) >= 11 is 1.63. The Morgan fingerprint density at radius 3 is 2.56 bits per heavy atom. The Hall–Kier alpha value is -2.27. The van der Waals surface area contributed by atoms with Crippen LogP contribution in [0.2, 0.25) is 0 Å². The Kier molecular flexibility index (Phi) is 4.96. The van der Waals surface area contributed by atoms with E-state index in [-0.39, 0.29) is 11.7 Å². The zero-order valence-corrected chi connectivity index (χ0v) is 16.6. The summed E-state index contributed by atoms with van der Waals surface area (Å²) < 4.78 is 0. The van der Waals surface area contributed by atoms with Gasteiger partial charge in [0.1, 0.15) is 0 Å². The minimum absolute atomic E-state index is 0.0503. The van der Waals surface area contributed by atoms with Crippen molar-refractivity contribution in [2.24, 2.45) is 0 Å². The number of carbonyl (C=O) groups is 2. The van der Waals surface area contributed by atoms with Crippen LogP contribution in [0.5, 0.6) is 0 Å². The Balaban J connectivity index is 1.50. The predicted molar refractivity (Wildman–Crippen MR) is 110 cm³/mol. The van der Waals surface area contributed by atoms with Crippen LogP contribution in [0.25, 0.3) is 0 Å². The van der Waals surface area contributed by atoms with E-state index in [4.69, 9.17) is 0 Å². The number of benzene rings is 2. The zero-order valence-electron chi connectivity index (χ0n) is 15.8. The third-order valence-corrected chi connectivity index (χ3v) is 6.52. The van der Waals surface area contributed by atoms with Crippen LogP contribution in [0, 0.1) is 13.8 Å². The van der Waals surface area contributed by atoms with Crippen LogP contribution in [0.3, 0.4) is 0 Å². The molecular weight excluding hydrogens is 356 g/mol. The molecule has 1 fully saturated rings. The monoisotopic (exact) mass is 380 g/mol. The van der Waals surface area contributed by atoms with Gasteiger partial charge < -0.3 is 9.80 Å². The van der Waals surface area contributed by atoms with Crippen molar-refractivity contribution in [3.63, 3.8) is 0 Å². The number of carbonyl (C=O) groups excluding carboxylic acids is 2. The molecule has 4 rings (SSSR count). The number of anilines is 1. The molecule has 1 amide bonds. The summed E-state index contributed by atoms with van der Waals surface area (Å²) in [6, 6.07) is 12.1. The number of hydrogen-bond acceptors (Lipinski definition) is 4. The summed E-state index contributed by atoms with van der Waals surface area (Å²) in [6.45, 7) is 7.32. The molecule has 140 valence electrons. The number of aryl methyl sites for hydroxylation is 2. The zero-order chi connectivity index (χ0) is 19.0. The van der Waals surface area contributed by atoms with Gasteiger partial charge in [0.05, 0.1) is 5.56 Å². The van der Waals surface area contributed by atoms with Crippen LogP contribution in [-0.4, -0.2) is 48.5 Å². The number of fused-ring (bicyclic) bond motifs is 1. The van der Waals surface area contributed by atoms with E-state index in [2.05, 4.69) is 36.9 Å². The molecule has 27 heavy (non-hydrogen) atoms. The van der Waals surface area contributed by atoms with Crippen molar-refractivity contribution >= 4 is 29.1 Å². The molecule has 2 aromatic rings. The maximum atomic E-state index is 13.1. The van der Waals surface area contributed by atoms with Crippen molar-refractivity contribution in [1.29, 1.82) is 0 Å². The van der Waals surface area contributed by atoms with Crippen LogP contribution in [0.15, 0.2) is 41.3 Å². The molecule has 2 aliphatic rings. The fraction of sp³-hybridized carbons (Fsp3) is 0.364. The molecule has 0 aliphatic carbocycles. The number of thioether (sulfide) groups is 1. The highest BCUT2D eigenvalue weighted by Gasteiger charge is 2.28. The van der Waals surface area contributed by atoms with Crippen molar-refractivity contribution < 1.29 is 9.59 Å². The van der Waals surface area contributed by atoms with Crippen LogP contribution >= 0.6 is 11.8 Å². The molecule has 0 aromatic heterocycles. The molecule has 0 atom stereocenters. The number of hydrogen-bond donors (Lipinski definition) is 0. The van der Waals surface area contributed by atoms with Gasteiger partial charge in [0.15, 0.2) is 5.78 Å². The molecule has 2 aliphatic heterocycles. The number of rotatable bonds is 2. The first-order valence-corrected chi connectivity index (χ1v) is 10.4. The second-order valence-corrected chi connectivity index (χ2v) is 8.38. The van der Waals surface area contributed by atoms with Gasteiger partial charge in [-0.1, -0.05) is 29.8 Å². The lowest BCUT2D eigenvalue weighted by Gasteiger charge is -2.37. The van der Waals surface area contributed by atoms with E-state index in [9.17, 15) is 9.59 Å². The Labute approximate surface area is 164 Å². The second kappa shape index (κ2) is 7.39. The van der Waals surface area contributed by atoms with Gasteiger partial charge in [0.2, 0.25) is 0 Å². The van der Waals surface area contributed by atoms with Crippen LogP contribution in [0.4, 0.5) is 5.69 Å². The minimum Gasteiger partial charge on any atom is -0.368 e. The number of piperazine rings is 1. The highest BCUT2D eigenvalue weighted by molar-refractivity contribution is 7.99. The van der Waals surface area contributed by atoms with Gasteiger partial charge in [0.25, 0.3) is 5.91 Å². The van der Waals surface area contributed by atoms with Gasteiger partial charge >= 0.3 is 0 Å². The smallest absolute Gasteiger partial charge is 0.255 e. The van der Waals surface area contributed by atoms with Gasteiger partial charge in [-0.05, 0) is 31.5 Å². The van der Waals surface area contributed by atoms with Gasteiger partial charge in [-0.3, -0.25) is 9.59 Å². The van der Waals surface area contributed by atoms with E-state index in [0.717, 1.165) is 23.7 Å². The lowest BCUT2D eigenvalue weighted by atomic mass is 10.0. The first-order valence-electron chi connectivity index (χ1n) is 9.45. The first kappa shape index (κ1) is 18.1. The first-order chi connectivity index (χ1) is 13.0. The summed E-state index contributed by atoms with van der Waals surface area (Å²) in [5.41, 5.74) is 5.20. The molecule has 5 heteroatoms. The molecule has 0 N–H and O–H groups in total. The summed E-state index contributed by atoms with van der Waals surface area (Å²) in [5.74, 6) is 0.962. The third-order valence-electron chi connectivity index (χ3n) is 5.38. The van der Waals surface area contributed by atoms with Crippen molar-refractivity contribution in [2.75, 3.05) is 36.8 Å². The lowest BCUT2D eigenvalue weighted by Crippen LogP contribution is -2.49. The number of amides is 1. The Morgan fingerprint density at radius 2 is 1.81 bits per heavy atom. The largest absolute Gasteiger partial charge is 0.368 e. The predicted octanol–water partition coefficient (Wildman–Crippen LogP) is 3.94. The topological polar surface area (TPSA) is 40.6 Å². The van der Waals surface area contributed by atoms with Crippen LogP contribution < -0.4 is 4.90 Å². The molecule has 0 saturated carbocycles. The number of ketones is 1. The van der Waals surface area contributed by atoms with Gasteiger partial charge in [-0.15, -0.1) is 11.8 Å². The SMILES string of the molecule is Cc1ccc(N2CCN(C(=O)c3cccc4c3SCCC4=O)CC2)c(C)c1. The molecular formula is C22H24N2O2S. The van der Waals surface area contributed by atoms with E-state index in [1.807, 2.05) is 23.1 Å². The summed E-state index contributed by atoms with van der Waals surface area (Å²) in [6.07, 6.45) is 0.559. The number of Topliss-reactive ketones (excluding diaryl/α,β-unsaturated/α-hetero) is 1. The van der Waals surface area contributed by atoms with E-state index < -0.39 is 0 Å². The van der Waals surface area contributed by atoms with Crippen molar-refractivity contribution in [3.8, 4) is 0 Å². The molecule has 0 radical (unpaired) electrons. The summed E-state index contributed by atoms with van der Waals surface area (Å²) in [4.78, 5) is 30.4. The Bertz CT molecular complexity index is 901. The van der Waals surface area contributed by atoms with Crippen molar-refractivity contribution in [3.05, 3.63) is 58.7 Å². The third kappa shape index (κ3) is 3.48. The average Bonchev–Trinajstić information content (AvgIpc) is 2.68. The van der Waals surface area contributed by atoms with Gasteiger partial charge in [-0.25, -0.2) is 0 Å². The highest BCUT2D eigenvalue weighted by atomic mass is 32.2. The molecule has 2 heterocycles. The average molecular weight is 381 g/mol. The minimum atomic E-state index is 0.0503. The van der Waals surface area contributed by atoms with Gasteiger partial charge in [0, 0.05) is 54.5 Å². The summed E-state index contributed by atoms with van der Waals surface area (Å²) in [5, 5.41) is 0. The Morgan fingerprint density at radius 1 is 1.04 bits per heavy atom. The maximum Gasteiger partial charge on any atom is 0.255 e. The fourth-order valence-corrected chi connectivity index (χ4v) is 5.08. The quantitative estimate of drug-likeness (QED) is 0.791. The standard InChI is InChI=1S/C22H24N2O2S/c1-15-6-7-19(16(2)14-15)23-9-11-24(12-10-23)22(26)18-5-3-4-17-20(25)8-13-27-21(17)18/h3-7,14H,8-13H2,1-2H3. The van der Waals surface area contributed by atoms with E-state index in [1.54, 1.807) is 11.8 Å². The van der Waals surface area contributed by atoms with Gasteiger partial charge in [-0.2, -0.15) is 0 Å². The van der Waals surface area contributed by atoms with Crippen LogP contribution in [0.1, 0.15) is 38.3 Å². The highest BCUT2D eigenvalue weighted by Crippen LogP contribution is 2.34. The lowest BCUT2D eigenvalue weighted by molar-refractivity contribution is 0.0743. The molecule has 0 bridgehead atoms. The second-order valence-electron chi connectivity index (χ2n) is 7.27. The fourth-order valence-electron chi connectivity index (χ4n) is 3.94. The molecule has 0 spiro atoms. The van der Waals surface area contributed by atoms with E-state index in [0.29, 0.717) is 30.6 Å². The normalized spacial score (nSPS) is 17.0. The van der Waals surface area contributed by atoms with E-state index in [1.165, 1.54) is 16.8 Å². The number of nitrogens with zero attached hydrogens (tertiary/aromatic N) is 2. The molecule has 1 saturated heterocycles. The van der Waals surface area contributed by atoms with E-state index >= 15 is 0 Å². The van der Waals surface area contributed by atoms with Crippen molar-refractivity contribution in [2.45, 2.75) is 25.2 Å². The molecule has 2 aromatic carbocycles. The maximum absolute atomic E-state index is 13.1. The van der Waals surface area contributed by atoms with Crippen LogP contribution in [-0.2, 0) is 0 Å². The molecule has 4 nitrogen and oxygen atoms in total. The summed E-state index contributed by atoms with van der Waals surface area (Å²) in [7, 11) is 0.